The molecule has 0 aliphatic carbocycles. The van der Waals surface area contributed by atoms with Crippen molar-refractivity contribution in [2.24, 2.45) is 0 Å². The van der Waals surface area contributed by atoms with Crippen LogP contribution in [0.5, 0.6) is 11.5 Å². The predicted molar refractivity (Wildman–Crippen MR) is 163 cm³/mol. The number of ether oxygens (including phenoxy) is 3. The first kappa shape index (κ1) is 28.7. The summed E-state index contributed by atoms with van der Waals surface area (Å²) < 4.78 is 15.9. The molecule has 10 nitrogen and oxygen atoms in total. The Balaban J connectivity index is 1.47. The van der Waals surface area contributed by atoms with E-state index in [2.05, 4.69) is 26.2 Å². The molecule has 0 bridgehead atoms. The average molecular weight is 580 g/mol. The Kier molecular flexibility index (Phi) is 9.84. The van der Waals surface area contributed by atoms with Crippen molar-refractivity contribution in [3.8, 4) is 11.5 Å². The molecule has 0 radical (unpaired) electrons. The Morgan fingerprint density at radius 3 is 1.88 bits per heavy atom. The molecule has 0 saturated carbocycles. The first-order valence-electron chi connectivity index (χ1n) is 12.4. The maximum absolute atomic E-state index is 12.8. The monoisotopic (exact) mass is 579 g/mol. The molecule has 2 amide bonds. The summed E-state index contributed by atoms with van der Waals surface area (Å²) in [6.07, 6.45) is 0. The normalized spacial score (nSPS) is 12.6. The number of methoxy groups -OCH3 is 2. The molecule has 4 rings (SSSR count). The summed E-state index contributed by atoms with van der Waals surface area (Å²) in [4.78, 5) is 27.6. The topological polar surface area (TPSA) is 113 Å². The van der Waals surface area contributed by atoms with Crippen LogP contribution in [-0.4, -0.2) is 62.6 Å². The fourth-order valence-electron chi connectivity index (χ4n) is 3.99. The van der Waals surface area contributed by atoms with Crippen LogP contribution in [-0.2, 0) is 4.74 Å². The van der Waals surface area contributed by atoms with Crippen molar-refractivity contribution in [2.45, 2.75) is 0 Å². The van der Waals surface area contributed by atoms with Gasteiger partial charge in [0.15, 0.2) is 10.2 Å². The van der Waals surface area contributed by atoms with Crippen LogP contribution in [0.3, 0.4) is 0 Å². The fraction of sp³-hybridized carbons (Fsp3) is 0.214. The number of amides is 2. The number of morpholine rings is 1. The first-order chi connectivity index (χ1) is 19.4. The lowest BCUT2D eigenvalue weighted by molar-refractivity contribution is 0.0969. The Hall–Kier alpha value is -4.26. The highest BCUT2D eigenvalue weighted by Crippen LogP contribution is 2.30. The van der Waals surface area contributed by atoms with Gasteiger partial charge in [-0.15, -0.1) is 0 Å². The van der Waals surface area contributed by atoms with Crippen LogP contribution in [0.2, 0.25) is 0 Å². The lowest BCUT2D eigenvalue weighted by Gasteiger charge is -2.31. The maximum atomic E-state index is 12.8. The molecule has 12 heteroatoms. The van der Waals surface area contributed by atoms with Crippen LogP contribution in [0.15, 0.2) is 66.7 Å². The maximum Gasteiger partial charge on any atom is 0.257 e. The van der Waals surface area contributed by atoms with Gasteiger partial charge in [-0.25, -0.2) is 0 Å². The van der Waals surface area contributed by atoms with Gasteiger partial charge in [0, 0.05) is 29.9 Å². The third-order valence-electron chi connectivity index (χ3n) is 5.97. The molecule has 1 heterocycles. The molecule has 0 spiro atoms. The van der Waals surface area contributed by atoms with E-state index in [-0.39, 0.29) is 22.0 Å². The van der Waals surface area contributed by atoms with E-state index >= 15 is 0 Å². The van der Waals surface area contributed by atoms with Crippen LogP contribution in [0.25, 0.3) is 0 Å². The van der Waals surface area contributed by atoms with E-state index in [1.54, 1.807) is 54.6 Å². The zero-order valence-corrected chi connectivity index (χ0v) is 23.6. The summed E-state index contributed by atoms with van der Waals surface area (Å²) in [5.41, 5.74) is 2.94. The minimum Gasteiger partial charge on any atom is -0.497 e. The zero-order valence-electron chi connectivity index (χ0n) is 22.0. The minimum atomic E-state index is -0.375. The molecule has 3 aromatic carbocycles. The summed E-state index contributed by atoms with van der Waals surface area (Å²) in [6, 6.07) is 19.1. The third-order valence-corrected chi connectivity index (χ3v) is 6.38. The van der Waals surface area contributed by atoms with Crippen LogP contribution < -0.4 is 35.6 Å². The lowest BCUT2D eigenvalue weighted by atomic mass is 10.2. The molecule has 1 aliphatic heterocycles. The molecular formula is C28H29N5O5S2. The second kappa shape index (κ2) is 13.7. The number of hydrogen-bond acceptors (Lipinski definition) is 8. The van der Waals surface area contributed by atoms with E-state index in [0.29, 0.717) is 60.3 Å². The van der Waals surface area contributed by atoms with Gasteiger partial charge in [-0.2, -0.15) is 0 Å². The largest absolute Gasteiger partial charge is 0.497 e. The van der Waals surface area contributed by atoms with Crippen molar-refractivity contribution in [1.82, 2.24) is 10.6 Å². The lowest BCUT2D eigenvalue weighted by Crippen LogP contribution is -2.38. The van der Waals surface area contributed by atoms with Crippen molar-refractivity contribution < 1.29 is 23.8 Å². The van der Waals surface area contributed by atoms with Crippen LogP contribution in [0.4, 0.5) is 17.1 Å². The van der Waals surface area contributed by atoms with Gasteiger partial charge in [0.1, 0.15) is 11.5 Å². The smallest absolute Gasteiger partial charge is 0.257 e. The second-order valence-corrected chi connectivity index (χ2v) is 9.43. The molecule has 1 saturated heterocycles. The molecule has 1 fully saturated rings. The van der Waals surface area contributed by atoms with Gasteiger partial charge < -0.3 is 29.7 Å². The van der Waals surface area contributed by atoms with Crippen LogP contribution in [0.1, 0.15) is 20.7 Å². The number of rotatable bonds is 7. The van der Waals surface area contributed by atoms with E-state index < -0.39 is 0 Å². The molecule has 0 unspecified atom stereocenters. The highest BCUT2D eigenvalue weighted by atomic mass is 32.1. The molecular weight excluding hydrogens is 550 g/mol. The van der Waals surface area contributed by atoms with Gasteiger partial charge in [-0.3, -0.25) is 20.2 Å². The van der Waals surface area contributed by atoms with Crippen molar-refractivity contribution in [3.63, 3.8) is 0 Å². The van der Waals surface area contributed by atoms with Crippen LogP contribution >= 0.6 is 24.4 Å². The van der Waals surface area contributed by atoms with Gasteiger partial charge in [-0.05, 0) is 79.0 Å². The van der Waals surface area contributed by atoms with Crippen molar-refractivity contribution in [2.75, 3.05) is 56.1 Å². The molecule has 40 heavy (non-hydrogen) atoms. The number of nitrogens with one attached hydrogen (secondary N) is 4. The Bertz CT molecular complexity index is 1410. The Labute approximate surface area is 243 Å². The average Bonchev–Trinajstić information content (AvgIpc) is 2.97. The summed E-state index contributed by atoms with van der Waals surface area (Å²) in [6.45, 7) is 2.58. The number of hydrogen-bond donors (Lipinski definition) is 4. The van der Waals surface area contributed by atoms with Crippen molar-refractivity contribution in [3.05, 3.63) is 77.9 Å². The molecule has 208 valence electrons. The fourth-order valence-corrected chi connectivity index (χ4v) is 4.40. The van der Waals surface area contributed by atoms with Gasteiger partial charge in [0.05, 0.1) is 38.8 Å². The Morgan fingerprint density at radius 1 is 0.775 bits per heavy atom. The van der Waals surface area contributed by atoms with E-state index in [9.17, 15) is 9.59 Å². The standard InChI is InChI=1S/C28H29N5O5S2/c1-36-21-7-3-5-18(15-21)25(34)31-27(39)29-20-9-10-24(33-11-13-38-14-12-33)23(17-20)30-28(40)32-26(35)19-6-4-8-22(16-19)37-2/h3-10,15-17H,11-14H2,1-2H3,(H2,29,31,34,39)(H2,30,32,35,40). The first-order valence-corrected chi connectivity index (χ1v) is 13.2. The minimum absolute atomic E-state index is 0.117. The molecule has 4 N–H and O–H groups in total. The number of benzene rings is 3. The van der Waals surface area contributed by atoms with Gasteiger partial charge in [0.25, 0.3) is 11.8 Å². The summed E-state index contributed by atoms with van der Waals surface area (Å²) in [7, 11) is 3.07. The van der Waals surface area contributed by atoms with Crippen LogP contribution in [0, 0.1) is 0 Å². The van der Waals surface area contributed by atoms with Gasteiger partial charge >= 0.3 is 0 Å². The quantitative estimate of drug-likeness (QED) is 0.309. The van der Waals surface area contributed by atoms with Crippen molar-refractivity contribution in [1.29, 1.82) is 0 Å². The number of anilines is 3. The van der Waals surface area contributed by atoms with Gasteiger partial charge in [0.2, 0.25) is 0 Å². The number of carbonyl (C=O) groups excluding carboxylic acids is 2. The molecule has 3 aromatic rings. The zero-order chi connectivity index (χ0) is 28.5. The van der Waals surface area contributed by atoms with E-state index in [1.165, 1.54) is 14.2 Å². The summed E-state index contributed by atoms with van der Waals surface area (Å²) in [5, 5.41) is 11.8. The molecule has 0 aromatic heterocycles. The Morgan fingerprint density at radius 2 is 1.32 bits per heavy atom. The van der Waals surface area contributed by atoms with E-state index in [4.69, 9.17) is 38.6 Å². The van der Waals surface area contributed by atoms with Crippen molar-refractivity contribution >= 4 is 63.5 Å². The third kappa shape index (κ3) is 7.65. The number of thiocarbonyl (C=S) groups is 2. The van der Waals surface area contributed by atoms with E-state index in [1.807, 2.05) is 12.1 Å². The number of nitrogens with zero attached hydrogens (tertiary/aromatic N) is 1. The van der Waals surface area contributed by atoms with E-state index in [0.717, 1.165) is 5.69 Å². The highest BCUT2D eigenvalue weighted by molar-refractivity contribution is 7.80. The SMILES string of the molecule is COc1cccc(C(=O)NC(=S)Nc2ccc(N3CCOCC3)c(NC(=S)NC(=O)c3cccc(OC)c3)c2)c1. The highest BCUT2D eigenvalue weighted by Gasteiger charge is 2.18. The number of carbonyl (C=O) groups is 2. The van der Waals surface area contributed by atoms with Gasteiger partial charge in [-0.1, -0.05) is 12.1 Å². The predicted octanol–water partition coefficient (Wildman–Crippen LogP) is 3.79. The molecule has 0 atom stereocenters. The second-order valence-electron chi connectivity index (χ2n) is 8.61. The summed E-state index contributed by atoms with van der Waals surface area (Å²) >= 11 is 10.8. The summed E-state index contributed by atoms with van der Waals surface area (Å²) in [5.74, 6) is 0.380. The molecule has 1 aliphatic rings.